The van der Waals surface area contributed by atoms with E-state index >= 15 is 0 Å². The van der Waals surface area contributed by atoms with E-state index in [0.717, 1.165) is 58.6 Å². The van der Waals surface area contributed by atoms with Crippen LogP contribution in [0.4, 0.5) is 0 Å². The Morgan fingerprint density at radius 3 is 2.40 bits per heavy atom. The van der Waals surface area contributed by atoms with E-state index in [1.807, 2.05) is 4.90 Å². The predicted molar refractivity (Wildman–Crippen MR) is 96.2 cm³/mol. The molecule has 2 aliphatic heterocycles. The molecular formula is C19H33N3O3. The molecule has 2 heterocycles. The molecular weight excluding hydrogens is 318 g/mol. The number of piperazine rings is 1. The fourth-order valence-electron chi connectivity index (χ4n) is 4.27. The molecule has 6 nitrogen and oxygen atoms in total. The third kappa shape index (κ3) is 5.96. The smallest absolute Gasteiger partial charge is 0.242 e. The van der Waals surface area contributed by atoms with Crippen LogP contribution in [-0.4, -0.2) is 73.6 Å². The molecule has 2 amide bonds. The first-order chi connectivity index (χ1) is 12.2. The van der Waals surface area contributed by atoms with Crippen molar-refractivity contribution < 1.29 is 14.3 Å². The van der Waals surface area contributed by atoms with Gasteiger partial charge in [-0.2, -0.15) is 0 Å². The van der Waals surface area contributed by atoms with Crippen LogP contribution in [0.25, 0.3) is 0 Å². The molecule has 1 atom stereocenters. The maximum absolute atomic E-state index is 12.3. The molecule has 6 heteroatoms. The fraction of sp³-hybridized carbons (Fsp3) is 0.895. The van der Waals surface area contributed by atoms with Crippen molar-refractivity contribution in [1.29, 1.82) is 0 Å². The Balaban J connectivity index is 1.30. The van der Waals surface area contributed by atoms with Crippen LogP contribution in [0, 0.1) is 5.92 Å². The normalized spacial score (nSPS) is 25.9. The Bertz CT molecular complexity index is 437. The average molecular weight is 351 g/mol. The summed E-state index contributed by atoms with van der Waals surface area (Å²) < 4.78 is 5.69. The number of carbonyl (C=O) groups excluding carboxylic acids is 2. The summed E-state index contributed by atoms with van der Waals surface area (Å²) in [5.41, 5.74) is 0. The summed E-state index contributed by atoms with van der Waals surface area (Å²) in [6, 6.07) is 0. The highest BCUT2D eigenvalue weighted by Gasteiger charge is 2.25. The molecule has 142 valence electrons. The lowest BCUT2D eigenvalue weighted by Crippen LogP contribution is -2.52. The van der Waals surface area contributed by atoms with Crippen LogP contribution >= 0.6 is 0 Å². The Labute approximate surface area is 151 Å². The van der Waals surface area contributed by atoms with Gasteiger partial charge in [-0.15, -0.1) is 0 Å². The maximum Gasteiger partial charge on any atom is 0.242 e. The highest BCUT2D eigenvalue weighted by Crippen LogP contribution is 2.26. The van der Waals surface area contributed by atoms with Crippen molar-refractivity contribution in [1.82, 2.24) is 15.1 Å². The van der Waals surface area contributed by atoms with Gasteiger partial charge in [-0.3, -0.25) is 14.5 Å². The van der Waals surface area contributed by atoms with E-state index in [0.29, 0.717) is 18.4 Å². The number of hydrogen-bond donors (Lipinski definition) is 1. The highest BCUT2D eigenvalue weighted by atomic mass is 16.5. The monoisotopic (exact) mass is 351 g/mol. The number of amides is 2. The van der Waals surface area contributed by atoms with Gasteiger partial charge in [0.25, 0.3) is 0 Å². The SMILES string of the molecule is O=C(CC1CCCCC1)NCC(=O)N1CCN(CC2CCCO2)CC1. The Morgan fingerprint density at radius 1 is 0.960 bits per heavy atom. The summed E-state index contributed by atoms with van der Waals surface area (Å²) in [7, 11) is 0. The number of hydrogen-bond acceptors (Lipinski definition) is 4. The molecule has 0 aromatic rings. The van der Waals surface area contributed by atoms with E-state index in [-0.39, 0.29) is 18.4 Å². The zero-order valence-corrected chi connectivity index (χ0v) is 15.4. The summed E-state index contributed by atoms with van der Waals surface area (Å²) in [5.74, 6) is 0.608. The summed E-state index contributed by atoms with van der Waals surface area (Å²) in [6.45, 7) is 5.35. The minimum atomic E-state index is 0.0391. The topological polar surface area (TPSA) is 61.9 Å². The zero-order chi connectivity index (χ0) is 17.5. The van der Waals surface area contributed by atoms with Crippen molar-refractivity contribution in [3.8, 4) is 0 Å². The summed E-state index contributed by atoms with van der Waals surface area (Å²) in [5, 5.41) is 2.83. The van der Waals surface area contributed by atoms with Gasteiger partial charge >= 0.3 is 0 Å². The molecule has 1 N–H and O–H groups in total. The molecule has 0 bridgehead atoms. The Kier molecular flexibility index (Phi) is 7.11. The standard InChI is InChI=1S/C19H33N3O3/c23-18(13-16-5-2-1-3-6-16)20-14-19(24)22-10-8-21(9-11-22)15-17-7-4-12-25-17/h16-17H,1-15H2,(H,20,23). The lowest BCUT2D eigenvalue weighted by atomic mass is 9.87. The Hall–Kier alpha value is -1.14. The van der Waals surface area contributed by atoms with Crippen molar-refractivity contribution in [3.05, 3.63) is 0 Å². The molecule has 1 aliphatic carbocycles. The summed E-state index contributed by atoms with van der Waals surface area (Å²) in [6.07, 6.45) is 9.40. The van der Waals surface area contributed by atoms with E-state index in [1.165, 1.54) is 25.7 Å². The van der Waals surface area contributed by atoms with Crippen LogP contribution < -0.4 is 5.32 Å². The lowest BCUT2D eigenvalue weighted by molar-refractivity contribution is -0.134. The molecule has 25 heavy (non-hydrogen) atoms. The number of ether oxygens (including phenoxy) is 1. The van der Waals surface area contributed by atoms with Gasteiger partial charge in [0.1, 0.15) is 0 Å². The van der Waals surface area contributed by atoms with Gasteiger partial charge < -0.3 is 15.0 Å². The molecule has 3 fully saturated rings. The molecule has 3 rings (SSSR count). The predicted octanol–water partition coefficient (Wildman–Crippen LogP) is 1.40. The summed E-state index contributed by atoms with van der Waals surface area (Å²) in [4.78, 5) is 28.6. The number of rotatable bonds is 6. The van der Waals surface area contributed by atoms with Crippen molar-refractivity contribution in [2.75, 3.05) is 45.9 Å². The average Bonchev–Trinajstić information content (AvgIpc) is 3.14. The quantitative estimate of drug-likeness (QED) is 0.786. The van der Waals surface area contributed by atoms with Gasteiger partial charge in [-0.25, -0.2) is 0 Å². The van der Waals surface area contributed by atoms with Crippen LogP contribution in [0.1, 0.15) is 51.4 Å². The third-order valence-corrected chi connectivity index (χ3v) is 5.85. The van der Waals surface area contributed by atoms with Gasteiger partial charge in [0.05, 0.1) is 12.6 Å². The van der Waals surface area contributed by atoms with Crippen LogP contribution in [0.5, 0.6) is 0 Å². The molecule has 1 saturated carbocycles. The lowest BCUT2D eigenvalue weighted by Gasteiger charge is -2.35. The number of nitrogens with one attached hydrogen (secondary N) is 1. The summed E-state index contributed by atoms with van der Waals surface area (Å²) >= 11 is 0. The zero-order valence-electron chi connectivity index (χ0n) is 15.4. The maximum atomic E-state index is 12.3. The van der Waals surface area contributed by atoms with Gasteiger partial charge in [0, 0.05) is 45.8 Å². The third-order valence-electron chi connectivity index (χ3n) is 5.85. The van der Waals surface area contributed by atoms with Gasteiger partial charge in [-0.05, 0) is 31.6 Å². The van der Waals surface area contributed by atoms with E-state index in [4.69, 9.17) is 4.74 Å². The van der Waals surface area contributed by atoms with E-state index in [1.54, 1.807) is 0 Å². The largest absolute Gasteiger partial charge is 0.377 e. The van der Waals surface area contributed by atoms with E-state index < -0.39 is 0 Å². The molecule has 0 spiro atoms. The number of nitrogens with zero attached hydrogens (tertiary/aromatic N) is 2. The minimum absolute atomic E-state index is 0.0391. The van der Waals surface area contributed by atoms with E-state index in [9.17, 15) is 9.59 Å². The first-order valence-electron chi connectivity index (χ1n) is 10.1. The van der Waals surface area contributed by atoms with Crippen LogP contribution in [0.2, 0.25) is 0 Å². The second-order valence-electron chi connectivity index (χ2n) is 7.80. The van der Waals surface area contributed by atoms with Crippen molar-refractivity contribution in [3.63, 3.8) is 0 Å². The Morgan fingerprint density at radius 2 is 1.72 bits per heavy atom. The van der Waals surface area contributed by atoms with Crippen LogP contribution in [0.3, 0.4) is 0 Å². The molecule has 0 radical (unpaired) electrons. The van der Waals surface area contributed by atoms with Gasteiger partial charge in [-0.1, -0.05) is 19.3 Å². The van der Waals surface area contributed by atoms with Crippen molar-refractivity contribution in [2.24, 2.45) is 5.92 Å². The molecule has 0 aromatic carbocycles. The van der Waals surface area contributed by atoms with Crippen molar-refractivity contribution >= 4 is 11.8 Å². The highest BCUT2D eigenvalue weighted by molar-refractivity contribution is 5.84. The second kappa shape index (κ2) is 9.53. The second-order valence-corrected chi connectivity index (χ2v) is 7.80. The van der Waals surface area contributed by atoms with Gasteiger partial charge in [0.15, 0.2) is 0 Å². The fourth-order valence-corrected chi connectivity index (χ4v) is 4.27. The molecule has 3 aliphatic rings. The molecule has 0 aromatic heterocycles. The number of carbonyl (C=O) groups is 2. The van der Waals surface area contributed by atoms with Crippen LogP contribution in [-0.2, 0) is 14.3 Å². The first kappa shape index (κ1) is 18.6. The van der Waals surface area contributed by atoms with Crippen LogP contribution in [0.15, 0.2) is 0 Å². The molecule has 1 unspecified atom stereocenters. The minimum Gasteiger partial charge on any atom is -0.377 e. The van der Waals surface area contributed by atoms with E-state index in [2.05, 4.69) is 10.2 Å². The molecule has 2 saturated heterocycles. The van der Waals surface area contributed by atoms with Crippen molar-refractivity contribution in [2.45, 2.75) is 57.5 Å². The van der Waals surface area contributed by atoms with Gasteiger partial charge in [0.2, 0.25) is 11.8 Å². The first-order valence-corrected chi connectivity index (χ1v) is 10.1.